The summed E-state index contributed by atoms with van der Waals surface area (Å²) in [4.78, 5) is 0. The molecule has 0 saturated carbocycles. The van der Waals surface area contributed by atoms with Crippen molar-refractivity contribution in [1.82, 2.24) is 0 Å². The Bertz CT molecular complexity index is 394. The smallest absolute Gasteiger partial charge is 0.168 e. The van der Waals surface area contributed by atoms with Crippen molar-refractivity contribution in [2.75, 3.05) is 20.8 Å². The number of hydrogen-bond acceptors (Lipinski definition) is 3. The monoisotopic (exact) mass is 222 g/mol. The lowest BCUT2D eigenvalue weighted by Crippen LogP contribution is -1.97. The molecule has 1 N–H and O–H groups in total. The molecule has 1 rings (SSSR count). The average Bonchev–Trinajstić information content (AvgIpc) is 2.28. The average molecular weight is 222 g/mol. The molecule has 0 aliphatic carbocycles. The van der Waals surface area contributed by atoms with Crippen LogP contribution in [0.2, 0.25) is 0 Å². The molecular formula is C13H18O3. The zero-order valence-electron chi connectivity index (χ0n) is 10.2. The van der Waals surface area contributed by atoms with Gasteiger partial charge in [-0.3, -0.25) is 0 Å². The summed E-state index contributed by atoms with van der Waals surface area (Å²) in [5, 5.41) is 8.89. The minimum absolute atomic E-state index is 0.0190. The predicted molar refractivity (Wildman–Crippen MR) is 65.0 cm³/mol. The zero-order chi connectivity index (χ0) is 12.1. The molecule has 0 spiro atoms. The lowest BCUT2D eigenvalue weighted by molar-refractivity contribution is 0.342. The molecule has 16 heavy (non-hydrogen) atoms. The van der Waals surface area contributed by atoms with E-state index in [4.69, 9.17) is 14.6 Å². The predicted octanol–water partition coefficient (Wildman–Crippen LogP) is 2.41. The van der Waals surface area contributed by atoms with E-state index < -0.39 is 0 Å². The van der Waals surface area contributed by atoms with Crippen LogP contribution in [0.15, 0.2) is 18.2 Å². The molecule has 0 aromatic heterocycles. The quantitative estimate of drug-likeness (QED) is 0.850. The van der Waals surface area contributed by atoms with Gasteiger partial charge in [0, 0.05) is 5.56 Å². The van der Waals surface area contributed by atoms with E-state index in [0.717, 1.165) is 22.4 Å². The number of aliphatic hydroxyl groups is 1. The van der Waals surface area contributed by atoms with Gasteiger partial charge in [-0.25, -0.2) is 0 Å². The van der Waals surface area contributed by atoms with Gasteiger partial charge in [-0.05, 0) is 25.0 Å². The minimum Gasteiger partial charge on any atom is -0.493 e. The highest BCUT2D eigenvalue weighted by Gasteiger charge is 2.13. The molecule has 0 radical (unpaired) electrons. The van der Waals surface area contributed by atoms with Crippen LogP contribution in [0, 0.1) is 6.92 Å². The Morgan fingerprint density at radius 3 is 2.38 bits per heavy atom. The van der Waals surface area contributed by atoms with Gasteiger partial charge in [0.25, 0.3) is 0 Å². The van der Waals surface area contributed by atoms with Gasteiger partial charge in [-0.2, -0.15) is 0 Å². The van der Waals surface area contributed by atoms with Crippen LogP contribution in [0.25, 0.3) is 5.57 Å². The summed E-state index contributed by atoms with van der Waals surface area (Å²) < 4.78 is 10.7. The molecule has 0 unspecified atom stereocenters. The van der Waals surface area contributed by atoms with Crippen LogP contribution in [0.1, 0.15) is 18.1 Å². The van der Waals surface area contributed by atoms with Crippen LogP contribution in [-0.4, -0.2) is 25.9 Å². The fraction of sp³-hybridized carbons (Fsp3) is 0.385. The maximum atomic E-state index is 8.89. The van der Waals surface area contributed by atoms with Crippen molar-refractivity contribution in [2.24, 2.45) is 0 Å². The zero-order valence-corrected chi connectivity index (χ0v) is 10.2. The van der Waals surface area contributed by atoms with Gasteiger partial charge >= 0.3 is 0 Å². The van der Waals surface area contributed by atoms with Crippen molar-refractivity contribution in [3.8, 4) is 11.5 Å². The van der Waals surface area contributed by atoms with Crippen LogP contribution >= 0.6 is 0 Å². The van der Waals surface area contributed by atoms with Gasteiger partial charge in [0.15, 0.2) is 11.5 Å². The second kappa shape index (κ2) is 5.56. The standard InChI is InChI=1S/C13H18O3/c1-9(7-8-14)11-6-5-10(2)12(15-3)13(11)16-4/h5-7,14H,8H2,1-4H3/b9-7-. The summed E-state index contributed by atoms with van der Waals surface area (Å²) in [5.74, 6) is 1.45. The Labute approximate surface area is 96.3 Å². The molecule has 0 saturated heterocycles. The molecule has 1 aromatic rings. The van der Waals surface area contributed by atoms with Crippen LogP contribution in [0.5, 0.6) is 11.5 Å². The van der Waals surface area contributed by atoms with Crippen LogP contribution in [0.4, 0.5) is 0 Å². The Balaban J connectivity index is 3.35. The highest BCUT2D eigenvalue weighted by atomic mass is 16.5. The number of ether oxygens (including phenoxy) is 2. The molecule has 88 valence electrons. The van der Waals surface area contributed by atoms with Crippen molar-refractivity contribution < 1.29 is 14.6 Å². The maximum Gasteiger partial charge on any atom is 0.168 e. The largest absolute Gasteiger partial charge is 0.493 e. The first kappa shape index (κ1) is 12.6. The number of aliphatic hydroxyl groups excluding tert-OH is 1. The van der Waals surface area contributed by atoms with Gasteiger partial charge in [-0.1, -0.05) is 18.2 Å². The van der Waals surface area contributed by atoms with Crippen LogP contribution in [-0.2, 0) is 0 Å². The van der Waals surface area contributed by atoms with E-state index in [2.05, 4.69) is 0 Å². The van der Waals surface area contributed by atoms with Crippen LogP contribution < -0.4 is 9.47 Å². The van der Waals surface area contributed by atoms with Crippen molar-refractivity contribution in [1.29, 1.82) is 0 Å². The van der Waals surface area contributed by atoms with Gasteiger partial charge in [-0.15, -0.1) is 0 Å². The van der Waals surface area contributed by atoms with E-state index in [1.807, 2.05) is 26.0 Å². The SMILES string of the molecule is COc1c(C)ccc(/C(C)=C\CO)c1OC. The molecule has 0 heterocycles. The topological polar surface area (TPSA) is 38.7 Å². The Morgan fingerprint density at radius 2 is 1.88 bits per heavy atom. The van der Waals surface area contributed by atoms with E-state index in [1.54, 1.807) is 20.3 Å². The van der Waals surface area contributed by atoms with Gasteiger partial charge in [0.05, 0.1) is 20.8 Å². The van der Waals surface area contributed by atoms with Gasteiger partial charge in [0.2, 0.25) is 0 Å². The van der Waals surface area contributed by atoms with E-state index in [-0.39, 0.29) is 6.61 Å². The first-order valence-corrected chi connectivity index (χ1v) is 5.15. The summed E-state index contributed by atoms with van der Waals surface area (Å²) in [6.07, 6.45) is 1.74. The van der Waals surface area contributed by atoms with Crippen LogP contribution in [0.3, 0.4) is 0 Å². The normalized spacial score (nSPS) is 11.4. The van der Waals surface area contributed by atoms with Crippen molar-refractivity contribution in [3.05, 3.63) is 29.3 Å². The summed E-state index contributed by atoms with van der Waals surface area (Å²) in [5.41, 5.74) is 2.94. The molecule has 0 aliphatic rings. The van der Waals surface area contributed by atoms with Crippen molar-refractivity contribution in [3.63, 3.8) is 0 Å². The van der Waals surface area contributed by atoms with E-state index in [9.17, 15) is 0 Å². The lowest BCUT2D eigenvalue weighted by atomic mass is 10.0. The summed E-state index contributed by atoms with van der Waals surface area (Å²) in [7, 11) is 3.24. The number of hydrogen-bond donors (Lipinski definition) is 1. The number of allylic oxidation sites excluding steroid dienone is 1. The Kier molecular flexibility index (Phi) is 4.38. The van der Waals surface area contributed by atoms with E-state index >= 15 is 0 Å². The second-order valence-electron chi connectivity index (χ2n) is 3.57. The summed E-state index contributed by atoms with van der Waals surface area (Å²) in [6.45, 7) is 3.92. The molecule has 0 aliphatic heterocycles. The van der Waals surface area contributed by atoms with E-state index in [0.29, 0.717) is 5.75 Å². The highest BCUT2D eigenvalue weighted by molar-refractivity contribution is 5.73. The molecule has 3 heteroatoms. The Hall–Kier alpha value is -1.48. The number of benzene rings is 1. The molecule has 0 fully saturated rings. The lowest BCUT2D eigenvalue weighted by Gasteiger charge is -2.15. The molecule has 0 atom stereocenters. The number of rotatable bonds is 4. The Morgan fingerprint density at radius 1 is 1.25 bits per heavy atom. The third kappa shape index (κ3) is 2.36. The third-order valence-electron chi connectivity index (χ3n) is 2.54. The first-order chi connectivity index (χ1) is 7.65. The molecule has 0 amide bonds. The fourth-order valence-corrected chi connectivity index (χ4v) is 1.67. The fourth-order valence-electron chi connectivity index (χ4n) is 1.67. The molecular weight excluding hydrogens is 204 g/mol. The summed E-state index contributed by atoms with van der Waals surface area (Å²) >= 11 is 0. The maximum absolute atomic E-state index is 8.89. The first-order valence-electron chi connectivity index (χ1n) is 5.15. The van der Waals surface area contributed by atoms with E-state index in [1.165, 1.54) is 0 Å². The van der Waals surface area contributed by atoms with Gasteiger partial charge < -0.3 is 14.6 Å². The third-order valence-corrected chi connectivity index (χ3v) is 2.54. The number of aryl methyl sites for hydroxylation is 1. The highest BCUT2D eigenvalue weighted by Crippen LogP contribution is 2.37. The second-order valence-corrected chi connectivity index (χ2v) is 3.57. The molecule has 0 bridgehead atoms. The molecule has 1 aromatic carbocycles. The van der Waals surface area contributed by atoms with Crippen molar-refractivity contribution >= 4 is 5.57 Å². The minimum atomic E-state index is 0.0190. The van der Waals surface area contributed by atoms with Crippen molar-refractivity contribution in [2.45, 2.75) is 13.8 Å². The van der Waals surface area contributed by atoms with Gasteiger partial charge in [0.1, 0.15) is 0 Å². The molecule has 3 nitrogen and oxygen atoms in total. The summed E-state index contributed by atoms with van der Waals surface area (Å²) in [6, 6.07) is 3.95. The number of methoxy groups -OCH3 is 2.